The van der Waals surface area contributed by atoms with E-state index in [0.717, 1.165) is 18.8 Å². The van der Waals surface area contributed by atoms with Gasteiger partial charge in [0.05, 0.1) is 13.7 Å². The summed E-state index contributed by atoms with van der Waals surface area (Å²) in [5.41, 5.74) is 0. The summed E-state index contributed by atoms with van der Waals surface area (Å²) in [6.45, 7) is 7.70. The average Bonchev–Trinajstić information content (AvgIpc) is 2.80. The molecule has 1 atom stereocenters. The molecule has 0 aliphatic rings. The van der Waals surface area contributed by atoms with Crippen LogP contribution in [0.4, 0.5) is 0 Å². The van der Waals surface area contributed by atoms with E-state index < -0.39 is 0 Å². The Morgan fingerprint density at radius 2 is 2.28 bits per heavy atom. The smallest absolute Gasteiger partial charge is 0.322 e. The van der Waals surface area contributed by atoms with Gasteiger partial charge >= 0.3 is 5.97 Å². The SMILES string of the molecule is CCn1ccnc1CNC(CC(C)C)C(=O)OC. The molecule has 0 amide bonds. The van der Waals surface area contributed by atoms with Crippen LogP contribution in [-0.4, -0.2) is 28.7 Å². The lowest BCUT2D eigenvalue weighted by molar-refractivity contribution is -0.143. The summed E-state index contributed by atoms with van der Waals surface area (Å²) in [4.78, 5) is 15.9. The second-order valence-corrected chi connectivity index (χ2v) is 4.72. The monoisotopic (exact) mass is 253 g/mol. The van der Waals surface area contributed by atoms with Crippen LogP contribution in [0.15, 0.2) is 12.4 Å². The fourth-order valence-electron chi connectivity index (χ4n) is 1.89. The summed E-state index contributed by atoms with van der Waals surface area (Å²) >= 11 is 0. The number of esters is 1. The van der Waals surface area contributed by atoms with E-state index in [-0.39, 0.29) is 12.0 Å². The van der Waals surface area contributed by atoms with Gasteiger partial charge in [0.25, 0.3) is 0 Å². The first kappa shape index (κ1) is 14.7. The number of nitrogens with zero attached hydrogens (tertiary/aromatic N) is 2. The van der Waals surface area contributed by atoms with Gasteiger partial charge in [0.2, 0.25) is 0 Å². The molecule has 0 saturated heterocycles. The van der Waals surface area contributed by atoms with Crippen molar-refractivity contribution < 1.29 is 9.53 Å². The van der Waals surface area contributed by atoms with Crippen LogP contribution < -0.4 is 5.32 Å². The number of ether oxygens (including phenoxy) is 1. The molecule has 1 N–H and O–H groups in total. The number of aromatic nitrogens is 2. The molecule has 0 spiro atoms. The zero-order chi connectivity index (χ0) is 13.5. The minimum atomic E-state index is -0.267. The van der Waals surface area contributed by atoms with Crippen LogP contribution in [0.2, 0.25) is 0 Å². The molecular formula is C13H23N3O2. The Kier molecular flexibility index (Phi) is 5.85. The number of aryl methyl sites for hydroxylation is 1. The minimum Gasteiger partial charge on any atom is -0.468 e. The predicted molar refractivity (Wildman–Crippen MR) is 70.0 cm³/mol. The van der Waals surface area contributed by atoms with Crippen molar-refractivity contribution in [2.24, 2.45) is 5.92 Å². The highest BCUT2D eigenvalue weighted by atomic mass is 16.5. The van der Waals surface area contributed by atoms with E-state index in [1.807, 2.05) is 6.20 Å². The van der Waals surface area contributed by atoms with Gasteiger partial charge in [-0.25, -0.2) is 4.98 Å². The molecule has 0 radical (unpaired) electrons. The zero-order valence-electron chi connectivity index (χ0n) is 11.6. The van der Waals surface area contributed by atoms with Gasteiger partial charge in [0, 0.05) is 18.9 Å². The van der Waals surface area contributed by atoms with Crippen molar-refractivity contribution in [1.29, 1.82) is 0 Å². The lowest BCUT2D eigenvalue weighted by atomic mass is 10.0. The van der Waals surface area contributed by atoms with Gasteiger partial charge in [0.15, 0.2) is 0 Å². The van der Waals surface area contributed by atoms with Crippen molar-refractivity contribution in [3.63, 3.8) is 0 Å². The summed E-state index contributed by atoms with van der Waals surface area (Å²) in [5.74, 6) is 1.17. The second-order valence-electron chi connectivity index (χ2n) is 4.72. The highest BCUT2D eigenvalue weighted by Crippen LogP contribution is 2.07. The fraction of sp³-hybridized carbons (Fsp3) is 0.692. The largest absolute Gasteiger partial charge is 0.468 e. The Morgan fingerprint density at radius 1 is 1.56 bits per heavy atom. The minimum absolute atomic E-state index is 0.210. The lowest BCUT2D eigenvalue weighted by Gasteiger charge is -2.18. The summed E-state index contributed by atoms with van der Waals surface area (Å²) in [5, 5.41) is 3.22. The van der Waals surface area contributed by atoms with Crippen molar-refractivity contribution in [2.75, 3.05) is 7.11 Å². The Bertz CT molecular complexity index is 374. The highest BCUT2D eigenvalue weighted by molar-refractivity contribution is 5.75. The Labute approximate surface area is 109 Å². The van der Waals surface area contributed by atoms with Gasteiger partial charge in [-0.15, -0.1) is 0 Å². The van der Waals surface area contributed by atoms with Crippen LogP contribution in [0, 0.1) is 5.92 Å². The summed E-state index contributed by atoms with van der Waals surface area (Å²) in [6, 6.07) is -0.267. The number of hydrogen-bond acceptors (Lipinski definition) is 4. The quantitative estimate of drug-likeness (QED) is 0.750. The van der Waals surface area contributed by atoms with Crippen LogP contribution in [0.3, 0.4) is 0 Å². The van der Waals surface area contributed by atoms with E-state index in [1.165, 1.54) is 7.11 Å². The number of hydrogen-bond donors (Lipinski definition) is 1. The maximum Gasteiger partial charge on any atom is 0.322 e. The third-order valence-electron chi connectivity index (χ3n) is 2.84. The molecule has 0 aliphatic carbocycles. The molecule has 1 aromatic rings. The first-order valence-electron chi connectivity index (χ1n) is 6.39. The average molecular weight is 253 g/mol. The Hall–Kier alpha value is -1.36. The molecule has 0 aromatic carbocycles. The molecule has 1 aromatic heterocycles. The maximum atomic E-state index is 11.6. The van der Waals surface area contributed by atoms with E-state index in [4.69, 9.17) is 4.74 Å². The number of carbonyl (C=O) groups is 1. The van der Waals surface area contributed by atoms with Crippen molar-refractivity contribution in [3.8, 4) is 0 Å². The van der Waals surface area contributed by atoms with Crippen molar-refractivity contribution in [1.82, 2.24) is 14.9 Å². The van der Waals surface area contributed by atoms with Gasteiger partial charge in [-0.1, -0.05) is 13.8 Å². The van der Waals surface area contributed by atoms with Crippen molar-refractivity contribution in [3.05, 3.63) is 18.2 Å². The predicted octanol–water partition coefficient (Wildman–Crippen LogP) is 1.58. The van der Waals surface area contributed by atoms with Gasteiger partial charge in [-0.3, -0.25) is 10.1 Å². The van der Waals surface area contributed by atoms with Crippen molar-refractivity contribution in [2.45, 2.75) is 46.3 Å². The standard InChI is InChI=1S/C13H23N3O2/c1-5-16-7-6-14-12(16)9-15-11(8-10(2)3)13(17)18-4/h6-7,10-11,15H,5,8-9H2,1-4H3. The second kappa shape index (κ2) is 7.16. The number of nitrogens with one attached hydrogen (secondary N) is 1. The van der Waals surface area contributed by atoms with Gasteiger partial charge in [-0.05, 0) is 19.3 Å². The van der Waals surface area contributed by atoms with E-state index >= 15 is 0 Å². The van der Waals surface area contributed by atoms with E-state index in [2.05, 4.69) is 35.6 Å². The molecule has 1 heterocycles. The third-order valence-corrected chi connectivity index (χ3v) is 2.84. The molecule has 1 unspecified atom stereocenters. The summed E-state index contributed by atoms with van der Waals surface area (Å²) < 4.78 is 6.86. The molecule has 18 heavy (non-hydrogen) atoms. The third kappa shape index (κ3) is 4.14. The fourth-order valence-corrected chi connectivity index (χ4v) is 1.89. The number of carbonyl (C=O) groups excluding carboxylic acids is 1. The summed E-state index contributed by atoms with van der Waals surface area (Å²) in [6.07, 6.45) is 4.47. The molecule has 5 heteroatoms. The molecule has 5 nitrogen and oxygen atoms in total. The van der Waals surface area contributed by atoms with Crippen molar-refractivity contribution >= 4 is 5.97 Å². The topological polar surface area (TPSA) is 56.2 Å². The maximum absolute atomic E-state index is 11.6. The molecule has 0 fully saturated rings. The summed E-state index contributed by atoms with van der Waals surface area (Å²) in [7, 11) is 1.42. The Morgan fingerprint density at radius 3 is 2.83 bits per heavy atom. The van der Waals surface area contributed by atoms with E-state index in [1.54, 1.807) is 6.20 Å². The number of rotatable bonds is 7. The molecule has 1 rings (SSSR count). The molecule has 0 saturated carbocycles. The number of imidazole rings is 1. The Balaban J connectivity index is 2.58. The highest BCUT2D eigenvalue weighted by Gasteiger charge is 2.20. The van der Waals surface area contributed by atoms with Crippen LogP contribution in [0.25, 0.3) is 0 Å². The first-order chi connectivity index (χ1) is 8.58. The van der Waals surface area contributed by atoms with Crippen LogP contribution in [-0.2, 0) is 22.6 Å². The van der Waals surface area contributed by atoms with E-state index in [9.17, 15) is 4.79 Å². The van der Waals surface area contributed by atoms with Crippen LogP contribution in [0.5, 0.6) is 0 Å². The number of methoxy groups -OCH3 is 1. The van der Waals surface area contributed by atoms with Crippen LogP contribution >= 0.6 is 0 Å². The normalized spacial score (nSPS) is 12.7. The first-order valence-corrected chi connectivity index (χ1v) is 6.39. The van der Waals surface area contributed by atoms with Gasteiger partial charge < -0.3 is 9.30 Å². The molecule has 0 aliphatic heterocycles. The van der Waals surface area contributed by atoms with Gasteiger partial charge in [-0.2, -0.15) is 0 Å². The molecule has 0 bridgehead atoms. The zero-order valence-corrected chi connectivity index (χ0v) is 11.6. The molecular weight excluding hydrogens is 230 g/mol. The molecule has 102 valence electrons. The lowest BCUT2D eigenvalue weighted by Crippen LogP contribution is -2.38. The van der Waals surface area contributed by atoms with Gasteiger partial charge in [0.1, 0.15) is 11.9 Å². The van der Waals surface area contributed by atoms with Crippen LogP contribution in [0.1, 0.15) is 33.0 Å². The van der Waals surface area contributed by atoms with E-state index in [0.29, 0.717) is 12.5 Å².